The molecule has 0 amide bonds. The summed E-state index contributed by atoms with van der Waals surface area (Å²) < 4.78 is 0. The van der Waals surface area contributed by atoms with Gasteiger partial charge >= 0.3 is 5.97 Å². The van der Waals surface area contributed by atoms with Gasteiger partial charge < -0.3 is 20.8 Å². The van der Waals surface area contributed by atoms with Crippen molar-refractivity contribution in [3.63, 3.8) is 0 Å². The Morgan fingerprint density at radius 3 is 2.59 bits per heavy atom. The van der Waals surface area contributed by atoms with Gasteiger partial charge in [-0.1, -0.05) is 12.1 Å². The molecule has 0 aliphatic carbocycles. The first kappa shape index (κ1) is 13.9. The molecule has 5 N–H and O–H groups in total. The van der Waals surface area contributed by atoms with Gasteiger partial charge in [-0.2, -0.15) is 0 Å². The molecule has 0 radical (unpaired) electrons. The molecule has 0 saturated heterocycles. The van der Waals surface area contributed by atoms with Gasteiger partial charge in [0.15, 0.2) is 5.43 Å². The molecule has 112 valence electrons. The maximum atomic E-state index is 12.0. The highest BCUT2D eigenvalue weighted by Gasteiger charge is 2.09. The Morgan fingerprint density at radius 2 is 1.91 bits per heavy atom. The van der Waals surface area contributed by atoms with Gasteiger partial charge in [-0.25, -0.2) is 4.79 Å². The zero-order chi connectivity index (χ0) is 15.7. The number of anilines is 1. The fourth-order valence-electron chi connectivity index (χ4n) is 2.53. The van der Waals surface area contributed by atoms with Gasteiger partial charge in [-0.05, 0) is 36.1 Å². The van der Waals surface area contributed by atoms with E-state index in [0.717, 1.165) is 17.5 Å². The number of rotatable bonds is 4. The van der Waals surface area contributed by atoms with Crippen LogP contribution in [0, 0.1) is 0 Å². The third kappa shape index (κ3) is 2.58. The zero-order valence-electron chi connectivity index (χ0n) is 11.7. The molecule has 1 aromatic carbocycles. The number of aromatic amines is 2. The second-order valence-corrected chi connectivity index (χ2v) is 5.15. The minimum Gasteiger partial charge on any atom is -0.478 e. The fourth-order valence-corrected chi connectivity index (χ4v) is 2.53. The van der Waals surface area contributed by atoms with E-state index in [9.17, 15) is 9.59 Å². The predicted octanol–water partition coefficient (Wildman–Crippen LogP) is 1.92. The highest BCUT2D eigenvalue weighted by Crippen LogP contribution is 2.16. The standard InChI is InChI=1S/C16H15N3O3/c17-13-7-12(20)14-11(8-18-15(14)19-13)6-3-9-1-4-10(5-2-9)16(21)22/h1-2,4-5,7-8H,3,6H2,(H,21,22)(H4,17,18,19,20). The molecular weight excluding hydrogens is 282 g/mol. The highest BCUT2D eigenvalue weighted by atomic mass is 16.4. The average Bonchev–Trinajstić information content (AvgIpc) is 2.88. The summed E-state index contributed by atoms with van der Waals surface area (Å²) in [6, 6.07) is 8.13. The molecule has 0 aliphatic rings. The van der Waals surface area contributed by atoms with E-state index in [1.807, 2.05) is 0 Å². The van der Waals surface area contributed by atoms with Crippen molar-refractivity contribution in [2.75, 3.05) is 5.73 Å². The van der Waals surface area contributed by atoms with Crippen LogP contribution in [0.4, 0.5) is 5.82 Å². The number of hydrogen-bond acceptors (Lipinski definition) is 3. The third-order valence-corrected chi connectivity index (χ3v) is 3.65. The van der Waals surface area contributed by atoms with Crippen LogP contribution in [0.1, 0.15) is 21.5 Å². The van der Waals surface area contributed by atoms with Crippen LogP contribution in [-0.4, -0.2) is 21.0 Å². The van der Waals surface area contributed by atoms with Crippen LogP contribution in [0.2, 0.25) is 0 Å². The summed E-state index contributed by atoms with van der Waals surface area (Å²) in [5, 5.41) is 9.50. The van der Waals surface area contributed by atoms with Crippen molar-refractivity contribution >= 4 is 22.8 Å². The lowest BCUT2D eigenvalue weighted by Gasteiger charge is -2.02. The minimum absolute atomic E-state index is 0.108. The van der Waals surface area contributed by atoms with Crippen LogP contribution in [0.25, 0.3) is 11.0 Å². The Bertz CT molecular complexity index is 891. The number of hydrogen-bond donors (Lipinski definition) is 4. The first-order chi connectivity index (χ1) is 10.5. The Hall–Kier alpha value is -3.02. The number of aromatic nitrogens is 2. The smallest absolute Gasteiger partial charge is 0.335 e. The van der Waals surface area contributed by atoms with Gasteiger partial charge in [0.1, 0.15) is 11.5 Å². The normalized spacial score (nSPS) is 10.9. The van der Waals surface area contributed by atoms with E-state index in [2.05, 4.69) is 9.97 Å². The predicted molar refractivity (Wildman–Crippen MR) is 84.1 cm³/mol. The topological polar surface area (TPSA) is 112 Å². The van der Waals surface area contributed by atoms with E-state index in [-0.39, 0.29) is 11.0 Å². The summed E-state index contributed by atoms with van der Waals surface area (Å²) in [5.74, 6) is -0.609. The van der Waals surface area contributed by atoms with Gasteiger partial charge in [-0.3, -0.25) is 4.79 Å². The molecule has 0 saturated carbocycles. The number of fused-ring (bicyclic) bond motifs is 1. The molecule has 2 heterocycles. The lowest BCUT2D eigenvalue weighted by Crippen LogP contribution is -2.05. The number of nitrogens with one attached hydrogen (secondary N) is 2. The number of nitrogen functional groups attached to an aromatic ring is 1. The molecule has 0 bridgehead atoms. The van der Waals surface area contributed by atoms with Crippen LogP contribution in [0.15, 0.2) is 41.3 Å². The van der Waals surface area contributed by atoms with Gasteiger partial charge in [-0.15, -0.1) is 0 Å². The average molecular weight is 297 g/mol. The minimum atomic E-state index is -0.938. The van der Waals surface area contributed by atoms with Crippen molar-refractivity contribution in [2.45, 2.75) is 12.8 Å². The number of pyridine rings is 1. The van der Waals surface area contributed by atoms with Gasteiger partial charge in [0.25, 0.3) is 0 Å². The molecule has 0 unspecified atom stereocenters. The van der Waals surface area contributed by atoms with Crippen molar-refractivity contribution in [1.82, 2.24) is 9.97 Å². The summed E-state index contributed by atoms with van der Waals surface area (Å²) in [4.78, 5) is 28.8. The molecule has 0 atom stereocenters. The highest BCUT2D eigenvalue weighted by molar-refractivity contribution is 5.87. The number of H-pyrrole nitrogens is 2. The largest absolute Gasteiger partial charge is 0.478 e. The SMILES string of the molecule is Nc1cc(=O)c2c(CCc3ccc(C(=O)O)cc3)c[nH]c2[nH]1. The van der Waals surface area contributed by atoms with Crippen LogP contribution < -0.4 is 11.2 Å². The van der Waals surface area contributed by atoms with Crippen molar-refractivity contribution in [2.24, 2.45) is 0 Å². The van der Waals surface area contributed by atoms with Crippen molar-refractivity contribution in [3.05, 3.63) is 63.4 Å². The summed E-state index contributed by atoms with van der Waals surface area (Å²) in [5.41, 5.74) is 8.33. The summed E-state index contributed by atoms with van der Waals surface area (Å²) >= 11 is 0. The molecule has 22 heavy (non-hydrogen) atoms. The molecule has 0 fully saturated rings. The molecule has 3 rings (SSSR count). The Morgan fingerprint density at radius 1 is 1.18 bits per heavy atom. The number of nitrogens with two attached hydrogens (primary N) is 1. The van der Waals surface area contributed by atoms with Crippen molar-refractivity contribution < 1.29 is 9.90 Å². The maximum absolute atomic E-state index is 12.0. The van der Waals surface area contributed by atoms with Gasteiger partial charge in [0, 0.05) is 12.3 Å². The molecule has 6 heteroatoms. The number of carbonyl (C=O) groups is 1. The lowest BCUT2D eigenvalue weighted by atomic mass is 10.0. The molecule has 2 aromatic heterocycles. The molecule has 0 spiro atoms. The fraction of sp³-hybridized carbons (Fsp3) is 0.125. The number of benzene rings is 1. The van der Waals surface area contributed by atoms with Crippen LogP contribution in [0.3, 0.4) is 0 Å². The second-order valence-electron chi connectivity index (χ2n) is 5.15. The Balaban J connectivity index is 1.82. The molecular formula is C16H15N3O3. The monoisotopic (exact) mass is 297 g/mol. The first-order valence-electron chi connectivity index (χ1n) is 6.85. The molecule has 6 nitrogen and oxygen atoms in total. The van der Waals surface area contributed by atoms with Gasteiger partial charge in [0.2, 0.25) is 0 Å². The van der Waals surface area contributed by atoms with Gasteiger partial charge in [0.05, 0.1) is 10.9 Å². The van der Waals surface area contributed by atoms with Crippen LogP contribution >= 0.6 is 0 Å². The lowest BCUT2D eigenvalue weighted by molar-refractivity contribution is 0.0697. The Labute approximate surface area is 125 Å². The number of carboxylic acid groups (broad SMARTS) is 1. The maximum Gasteiger partial charge on any atom is 0.335 e. The summed E-state index contributed by atoms with van der Waals surface area (Å²) in [6.07, 6.45) is 3.20. The number of aromatic carboxylic acids is 1. The summed E-state index contributed by atoms with van der Waals surface area (Å²) in [7, 11) is 0. The zero-order valence-corrected chi connectivity index (χ0v) is 11.7. The van der Waals surface area contributed by atoms with E-state index < -0.39 is 5.97 Å². The van der Waals surface area contributed by atoms with E-state index in [1.54, 1.807) is 30.5 Å². The van der Waals surface area contributed by atoms with Crippen LogP contribution in [0.5, 0.6) is 0 Å². The second kappa shape index (κ2) is 5.40. The van der Waals surface area contributed by atoms with E-state index in [0.29, 0.717) is 23.3 Å². The van der Waals surface area contributed by atoms with E-state index in [4.69, 9.17) is 10.8 Å². The third-order valence-electron chi connectivity index (χ3n) is 3.65. The number of carboxylic acids is 1. The van der Waals surface area contributed by atoms with E-state index in [1.165, 1.54) is 6.07 Å². The van der Waals surface area contributed by atoms with E-state index >= 15 is 0 Å². The Kier molecular flexibility index (Phi) is 3.42. The summed E-state index contributed by atoms with van der Waals surface area (Å²) in [6.45, 7) is 0. The van der Waals surface area contributed by atoms with Crippen LogP contribution in [-0.2, 0) is 12.8 Å². The first-order valence-corrected chi connectivity index (χ1v) is 6.85. The quantitative estimate of drug-likeness (QED) is 0.589. The van der Waals surface area contributed by atoms with Crippen molar-refractivity contribution in [3.8, 4) is 0 Å². The molecule has 3 aromatic rings. The van der Waals surface area contributed by atoms with Crippen molar-refractivity contribution in [1.29, 1.82) is 0 Å². The number of aryl methyl sites for hydroxylation is 2. The molecule has 0 aliphatic heterocycles.